The van der Waals surface area contributed by atoms with Crippen LogP contribution < -0.4 is 0 Å². The molecule has 1 atom stereocenters. The predicted molar refractivity (Wildman–Crippen MR) is 83.4 cm³/mol. The molecule has 0 aromatic heterocycles. The van der Waals surface area contributed by atoms with Crippen LogP contribution in [-0.2, 0) is 11.8 Å². The maximum Gasteiger partial charge on any atom is 0.00135 e. The summed E-state index contributed by atoms with van der Waals surface area (Å²) >= 11 is 0. The van der Waals surface area contributed by atoms with Crippen molar-refractivity contribution >= 4 is 0 Å². The molecule has 0 aliphatic carbocycles. The third-order valence-corrected chi connectivity index (χ3v) is 4.47. The molecule has 0 aliphatic heterocycles. The highest BCUT2D eigenvalue weighted by molar-refractivity contribution is 5.31. The van der Waals surface area contributed by atoms with E-state index in [2.05, 4.69) is 88.4 Å². The van der Waals surface area contributed by atoms with E-state index in [0.29, 0.717) is 0 Å². The third-order valence-electron chi connectivity index (χ3n) is 4.47. The van der Waals surface area contributed by atoms with Crippen LogP contribution in [0.4, 0.5) is 0 Å². The molecule has 0 aliphatic rings. The summed E-state index contributed by atoms with van der Waals surface area (Å²) in [6, 6.07) is 21.7. The Bertz CT molecular complexity index is 505. The molecule has 0 amide bonds. The summed E-state index contributed by atoms with van der Waals surface area (Å²) in [5.74, 6) is 0. The molecule has 2 aromatic carbocycles. The van der Waals surface area contributed by atoms with E-state index in [1.54, 1.807) is 0 Å². The summed E-state index contributed by atoms with van der Waals surface area (Å²) in [5, 5.41) is 0. The standard InChI is InChI=1S/C19H24/c1-18(2,3)19(4,17-13-9-6-10-14-17)15-16-11-7-5-8-12-16/h5-14H,15H2,1-4H3. The van der Waals surface area contributed by atoms with E-state index in [1.807, 2.05) is 0 Å². The molecule has 0 spiro atoms. The maximum absolute atomic E-state index is 2.38. The van der Waals surface area contributed by atoms with Crippen LogP contribution in [0, 0.1) is 5.41 Å². The van der Waals surface area contributed by atoms with Crippen LogP contribution in [0.15, 0.2) is 60.7 Å². The molecule has 19 heavy (non-hydrogen) atoms. The van der Waals surface area contributed by atoms with Crippen LogP contribution in [0.25, 0.3) is 0 Å². The van der Waals surface area contributed by atoms with E-state index in [0.717, 1.165) is 6.42 Å². The molecule has 0 heterocycles. The zero-order chi connectivity index (χ0) is 13.9. The molecule has 0 bridgehead atoms. The van der Waals surface area contributed by atoms with E-state index in [-0.39, 0.29) is 10.8 Å². The van der Waals surface area contributed by atoms with Crippen molar-refractivity contribution in [3.63, 3.8) is 0 Å². The van der Waals surface area contributed by atoms with E-state index >= 15 is 0 Å². The van der Waals surface area contributed by atoms with Gasteiger partial charge in [0.05, 0.1) is 0 Å². The molecule has 1 unspecified atom stereocenters. The van der Waals surface area contributed by atoms with Crippen molar-refractivity contribution in [2.75, 3.05) is 0 Å². The summed E-state index contributed by atoms with van der Waals surface area (Å²) in [6.45, 7) is 9.39. The van der Waals surface area contributed by atoms with Gasteiger partial charge in [-0.15, -0.1) is 0 Å². The first-order valence-corrected chi connectivity index (χ1v) is 7.03. The van der Waals surface area contributed by atoms with Crippen LogP contribution in [0.1, 0.15) is 38.8 Å². The first kappa shape index (κ1) is 13.9. The second-order valence-electron chi connectivity index (χ2n) is 6.61. The smallest absolute Gasteiger partial charge is 0.00135 e. The van der Waals surface area contributed by atoms with Crippen LogP contribution in [0.3, 0.4) is 0 Å². The monoisotopic (exact) mass is 252 g/mol. The quantitative estimate of drug-likeness (QED) is 0.701. The lowest BCUT2D eigenvalue weighted by atomic mass is 9.61. The van der Waals surface area contributed by atoms with Crippen molar-refractivity contribution in [2.24, 2.45) is 5.41 Å². The normalized spacial score (nSPS) is 14.9. The Labute approximate surface area is 117 Å². The maximum atomic E-state index is 2.38. The second-order valence-corrected chi connectivity index (χ2v) is 6.61. The molecule has 0 N–H and O–H groups in total. The lowest BCUT2D eigenvalue weighted by molar-refractivity contribution is 0.201. The molecule has 0 saturated carbocycles. The highest BCUT2D eigenvalue weighted by atomic mass is 14.4. The topological polar surface area (TPSA) is 0 Å². The highest BCUT2D eigenvalue weighted by Crippen LogP contribution is 2.43. The van der Waals surface area contributed by atoms with Crippen LogP contribution in [0.5, 0.6) is 0 Å². The Balaban J connectivity index is 2.42. The van der Waals surface area contributed by atoms with Gasteiger partial charge < -0.3 is 0 Å². The predicted octanol–water partition coefficient (Wildman–Crippen LogP) is 5.23. The molecular formula is C19H24. The average molecular weight is 252 g/mol. The summed E-state index contributed by atoms with van der Waals surface area (Å²) in [7, 11) is 0. The molecule has 2 aromatic rings. The van der Waals surface area contributed by atoms with Gasteiger partial charge in [0.2, 0.25) is 0 Å². The molecule has 2 rings (SSSR count). The van der Waals surface area contributed by atoms with Gasteiger partial charge in [-0.05, 0) is 23.0 Å². The molecule has 0 heteroatoms. The van der Waals surface area contributed by atoms with Gasteiger partial charge in [-0.1, -0.05) is 88.4 Å². The fourth-order valence-electron chi connectivity index (χ4n) is 2.61. The van der Waals surface area contributed by atoms with Crippen molar-refractivity contribution < 1.29 is 0 Å². The second kappa shape index (κ2) is 5.21. The first-order valence-electron chi connectivity index (χ1n) is 7.03. The van der Waals surface area contributed by atoms with Gasteiger partial charge in [-0.3, -0.25) is 0 Å². The third kappa shape index (κ3) is 2.89. The van der Waals surface area contributed by atoms with Gasteiger partial charge in [0.15, 0.2) is 0 Å². The van der Waals surface area contributed by atoms with Crippen LogP contribution >= 0.6 is 0 Å². The molecule has 100 valence electrons. The molecule has 0 nitrogen and oxygen atoms in total. The van der Waals surface area contributed by atoms with Gasteiger partial charge in [0, 0.05) is 5.41 Å². The first-order chi connectivity index (χ1) is 8.93. The highest BCUT2D eigenvalue weighted by Gasteiger charge is 2.38. The van der Waals surface area contributed by atoms with E-state index in [9.17, 15) is 0 Å². The average Bonchev–Trinajstić information content (AvgIpc) is 2.39. The molecule has 0 fully saturated rings. The van der Waals surface area contributed by atoms with Gasteiger partial charge in [0.1, 0.15) is 0 Å². The molecule has 0 saturated heterocycles. The Hall–Kier alpha value is -1.56. The number of hydrogen-bond donors (Lipinski definition) is 0. The lowest BCUT2D eigenvalue weighted by Crippen LogP contribution is -2.39. The number of rotatable bonds is 3. The van der Waals surface area contributed by atoms with Gasteiger partial charge >= 0.3 is 0 Å². The minimum Gasteiger partial charge on any atom is -0.0622 e. The van der Waals surface area contributed by atoms with Crippen LogP contribution in [-0.4, -0.2) is 0 Å². The van der Waals surface area contributed by atoms with Crippen molar-refractivity contribution in [3.8, 4) is 0 Å². The summed E-state index contributed by atoms with van der Waals surface area (Å²) in [4.78, 5) is 0. The van der Waals surface area contributed by atoms with Crippen molar-refractivity contribution in [3.05, 3.63) is 71.8 Å². The van der Waals surface area contributed by atoms with Crippen molar-refractivity contribution in [1.82, 2.24) is 0 Å². The summed E-state index contributed by atoms with van der Waals surface area (Å²) in [6.07, 6.45) is 1.07. The van der Waals surface area contributed by atoms with E-state index < -0.39 is 0 Å². The van der Waals surface area contributed by atoms with Gasteiger partial charge in [-0.2, -0.15) is 0 Å². The lowest BCUT2D eigenvalue weighted by Gasteiger charge is -2.43. The van der Waals surface area contributed by atoms with E-state index in [1.165, 1.54) is 11.1 Å². The van der Waals surface area contributed by atoms with Crippen LogP contribution in [0.2, 0.25) is 0 Å². The van der Waals surface area contributed by atoms with E-state index in [4.69, 9.17) is 0 Å². The fourth-order valence-corrected chi connectivity index (χ4v) is 2.61. The van der Waals surface area contributed by atoms with Crippen molar-refractivity contribution in [1.29, 1.82) is 0 Å². The molecule has 0 radical (unpaired) electrons. The zero-order valence-corrected chi connectivity index (χ0v) is 12.5. The minimum absolute atomic E-state index is 0.135. The van der Waals surface area contributed by atoms with Crippen molar-refractivity contribution in [2.45, 2.75) is 39.5 Å². The largest absolute Gasteiger partial charge is 0.0622 e. The Morgan fingerprint density at radius 2 is 1.16 bits per heavy atom. The van der Waals surface area contributed by atoms with Gasteiger partial charge in [-0.25, -0.2) is 0 Å². The Kier molecular flexibility index (Phi) is 3.80. The molecular weight excluding hydrogens is 228 g/mol. The van der Waals surface area contributed by atoms with Gasteiger partial charge in [0.25, 0.3) is 0 Å². The fraction of sp³-hybridized carbons (Fsp3) is 0.368. The summed E-state index contributed by atoms with van der Waals surface area (Å²) < 4.78 is 0. The zero-order valence-electron chi connectivity index (χ0n) is 12.5. The number of benzene rings is 2. The Morgan fingerprint density at radius 1 is 0.684 bits per heavy atom. The SMILES string of the molecule is CC(C)(C)C(C)(Cc1ccccc1)c1ccccc1. The number of hydrogen-bond acceptors (Lipinski definition) is 0. The Morgan fingerprint density at radius 3 is 1.63 bits per heavy atom. The summed E-state index contributed by atoms with van der Waals surface area (Å²) in [5.41, 5.74) is 3.18. The minimum atomic E-state index is 0.135.